The first-order chi connectivity index (χ1) is 23.9. The summed E-state index contributed by atoms with van der Waals surface area (Å²) in [6.45, 7) is 8.41. The van der Waals surface area contributed by atoms with Gasteiger partial charge < -0.3 is 19.4 Å². The number of pyridine rings is 2. The summed E-state index contributed by atoms with van der Waals surface area (Å²) in [5.41, 5.74) is 14.3. The Bertz CT molecular complexity index is 2340. The third-order valence-electron chi connectivity index (χ3n) is 9.34. The van der Waals surface area contributed by atoms with E-state index in [1.165, 1.54) is 16.7 Å². The Morgan fingerprint density at radius 1 is 0.600 bits per heavy atom. The summed E-state index contributed by atoms with van der Waals surface area (Å²) in [4.78, 5) is 9.25. The number of para-hydroxylation sites is 1. The Hall–Kier alpha value is -5.29. The summed E-state index contributed by atoms with van der Waals surface area (Å²) in [6, 6.07) is 45.7. The predicted octanol–water partition coefficient (Wildman–Crippen LogP) is 8.72. The summed E-state index contributed by atoms with van der Waals surface area (Å²) in [5.74, 6) is 3.37. The van der Waals surface area contributed by atoms with Gasteiger partial charge in [0.1, 0.15) is 17.2 Å². The molecule has 2 aliphatic heterocycles. The molecule has 0 aliphatic carbocycles. The average Bonchev–Trinajstić information content (AvgIpc) is 3.13. The van der Waals surface area contributed by atoms with Gasteiger partial charge in [0.05, 0.1) is 0 Å². The normalized spacial score (nSPS) is 11.7. The van der Waals surface area contributed by atoms with Gasteiger partial charge in [-0.25, -0.2) is 0 Å². The van der Waals surface area contributed by atoms with E-state index in [1.54, 1.807) is 0 Å². The van der Waals surface area contributed by atoms with E-state index in [-0.39, 0.29) is 26.8 Å². The molecule has 0 saturated heterocycles. The molecule has 2 aromatic heterocycles. The number of rotatable bonds is 3. The molecule has 0 N–H and O–H groups in total. The zero-order valence-electron chi connectivity index (χ0n) is 28.2. The summed E-state index contributed by atoms with van der Waals surface area (Å²) < 4.78 is 12.8. The number of nitrogens with zero attached hydrogens (tertiary/aromatic N) is 2. The number of fused-ring (bicyclic) bond motifs is 4. The zero-order valence-corrected chi connectivity index (χ0v) is 30.6. The van der Waals surface area contributed by atoms with Crippen molar-refractivity contribution in [2.45, 2.75) is 27.7 Å². The van der Waals surface area contributed by atoms with E-state index in [1.807, 2.05) is 60.9 Å². The van der Waals surface area contributed by atoms with Gasteiger partial charge in [0.25, 0.3) is 0 Å². The molecular weight excluding hydrogens is 792 g/mol. The second-order valence-corrected chi connectivity index (χ2v) is 12.7. The number of hydrogen-bond donors (Lipinski definition) is 0. The number of benzene rings is 5. The molecule has 9 rings (SSSR count). The molecule has 0 atom stereocenters. The molecule has 6 heteroatoms. The van der Waals surface area contributed by atoms with Crippen molar-refractivity contribution in [2.24, 2.45) is 0 Å². The van der Waals surface area contributed by atoms with Crippen LogP contribution >= 0.6 is 0 Å². The van der Waals surface area contributed by atoms with Gasteiger partial charge in [-0.05, 0) is 72.5 Å². The topological polar surface area (TPSA) is 44.2 Å². The van der Waals surface area contributed by atoms with Crippen molar-refractivity contribution in [3.63, 3.8) is 0 Å². The van der Waals surface area contributed by atoms with Crippen LogP contribution in [-0.4, -0.2) is 16.7 Å². The van der Waals surface area contributed by atoms with Crippen molar-refractivity contribution in [2.75, 3.05) is 0 Å². The van der Waals surface area contributed by atoms with E-state index in [9.17, 15) is 0 Å². The van der Waals surface area contributed by atoms with Crippen molar-refractivity contribution >= 4 is 23.1 Å². The van der Waals surface area contributed by atoms with Crippen LogP contribution in [0.4, 0.5) is 0 Å². The van der Waals surface area contributed by atoms with Gasteiger partial charge in [0, 0.05) is 49.3 Å². The van der Waals surface area contributed by atoms with Crippen LogP contribution in [0.2, 0.25) is 0 Å². The number of aryl methyl sites for hydroxylation is 4. The molecule has 245 valence electrons. The Morgan fingerprint density at radius 2 is 1.32 bits per heavy atom. The molecule has 1 radical (unpaired) electrons. The van der Waals surface area contributed by atoms with Crippen molar-refractivity contribution < 1.29 is 29.6 Å². The van der Waals surface area contributed by atoms with E-state index in [4.69, 9.17) is 14.5 Å². The minimum absolute atomic E-state index is 0. The average molecular weight is 825 g/mol. The van der Waals surface area contributed by atoms with Crippen LogP contribution in [-0.2, 0) is 20.1 Å². The third-order valence-corrected chi connectivity index (χ3v) is 9.34. The minimum Gasteiger partial charge on any atom is -0.503 e. The van der Waals surface area contributed by atoms with Gasteiger partial charge in [-0.15, -0.1) is 59.1 Å². The van der Waals surface area contributed by atoms with Gasteiger partial charge in [-0.1, -0.05) is 84.8 Å². The number of ether oxygens (including phenoxy) is 2. The maximum absolute atomic E-state index is 6.53. The molecule has 0 unspecified atom stereocenters. The second kappa shape index (κ2) is 13.9. The van der Waals surface area contributed by atoms with Crippen molar-refractivity contribution in [3.8, 4) is 56.6 Å². The molecule has 0 fully saturated rings. The molecule has 2 aliphatic rings. The fourth-order valence-electron chi connectivity index (χ4n) is 6.58. The Labute approximate surface area is 307 Å². The fraction of sp³-hybridized carbons (Fsp3) is 0.0909. The van der Waals surface area contributed by atoms with Crippen LogP contribution in [0, 0.1) is 39.8 Å². The molecule has 4 nitrogen and oxygen atoms in total. The fourth-order valence-corrected chi connectivity index (χ4v) is 6.58. The van der Waals surface area contributed by atoms with Crippen molar-refractivity contribution in [3.05, 3.63) is 162 Å². The van der Waals surface area contributed by atoms with Gasteiger partial charge in [0.2, 0.25) is 6.71 Å². The molecule has 4 heterocycles. The van der Waals surface area contributed by atoms with E-state index in [0.717, 1.165) is 78.6 Å². The summed E-state index contributed by atoms with van der Waals surface area (Å²) in [6.07, 6.45) is 3.87. The Balaban J connectivity index is 0.000000207. The quantitative estimate of drug-likeness (QED) is 0.132. The SMILES string of the molecule is Cc1c[c-]c(-c2cc(C)c(C)cn2)cc1.Cc1cc(-c2[c-]ccc3c2Oc2cccc4c2B3c2ccccc2O4)ncc1-c1ccccc1.[Ir]. The van der Waals surface area contributed by atoms with E-state index in [2.05, 4.69) is 112 Å². The predicted molar refractivity (Wildman–Crippen MR) is 199 cm³/mol. The molecular formula is C44H33BIrN2O2-2. The standard InChI is InChI=1S/C30H19BNO2.C14H14N.Ir/c1-19-17-25(32-18-22(19)20-9-3-2-4-10-20)21-11-7-13-24-30(21)34-28-16-8-15-27-29(28)31(24)23-12-5-6-14-26(23)33-27;1-10-4-6-13(7-5-10)14-8-11(2)12(3)9-15-14;/h2-10,12-18H,1H3;4-6,8-9H,1-3H3;/q2*-1;. The summed E-state index contributed by atoms with van der Waals surface area (Å²) in [5, 5.41) is 0. The van der Waals surface area contributed by atoms with Crippen molar-refractivity contribution in [1.82, 2.24) is 9.97 Å². The molecule has 5 aromatic carbocycles. The first kappa shape index (κ1) is 33.2. The summed E-state index contributed by atoms with van der Waals surface area (Å²) in [7, 11) is 0. The Morgan fingerprint density at radius 3 is 2.08 bits per heavy atom. The monoisotopic (exact) mass is 825 g/mol. The largest absolute Gasteiger partial charge is 0.503 e. The van der Waals surface area contributed by atoms with Gasteiger partial charge >= 0.3 is 0 Å². The molecule has 0 amide bonds. The maximum Gasteiger partial charge on any atom is 0.241 e. The van der Waals surface area contributed by atoms with E-state index >= 15 is 0 Å². The third kappa shape index (κ3) is 6.17. The number of aromatic nitrogens is 2. The molecule has 0 saturated carbocycles. The van der Waals surface area contributed by atoms with Gasteiger partial charge in [0.15, 0.2) is 0 Å². The first-order valence-electron chi connectivity index (χ1n) is 16.5. The Kier molecular flexibility index (Phi) is 9.24. The molecule has 0 spiro atoms. The second-order valence-electron chi connectivity index (χ2n) is 12.7. The minimum atomic E-state index is 0. The van der Waals surface area contributed by atoms with E-state index in [0.29, 0.717) is 0 Å². The van der Waals surface area contributed by atoms with Gasteiger partial charge in [-0.2, -0.15) is 0 Å². The van der Waals surface area contributed by atoms with Crippen molar-refractivity contribution in [1.29, 1.82) is 0 Å². The van der Waals surface area contributed by atoms with Crippen LogP contribution in [0.3, 0.4) is 0 Å². The summed E-state index contributed by atoms with van der Waals surface area (Å²) >= 11 is 0. The first-order valence-corrected chi connectivity index (χ1v) is 16.5. The molecule has 0 bridgehead atoms. The smallest absolute Gasteiger partial charge is 0.241 e. The van der Waals surface area contributed by atoms with Crippen LogP contribution < -0.4 is 25.9 Å². The van der Waals surface area contributed by atoms with Crippen LogP contribution in [0.5, 0.6) is 23.0 Å². The van der Waals surface area contributed by atoms with Crippen LogP contribution in [0.1, 0.15) is 22.3 Å². The molecule has 7 aromatic rings. The van der Waals surface area contributed by atoms with E-state index < -0.39 is 0 Å². The zero-order chi connectivity index (χ0) is 33.5. The molecule has 50 heavy (non-hydrogen) atoms. The van der Waals surface area contributed by atoms with Crippen LogP contribution in [0.25, 0.3) is 33.6 Å². The number of hydrogen-bond acceptors (Lipinski definition) is 4. The van der Waals surface area contributed by atoms with Crippen LogP contribution in [0.15, 0.2) is 128 Å². The van der Waals surface area contributed by atoms with Gasteiger partial charge in [-0.3, -0.25) is 0 Å². The maximum atomic E-state index is 6.53.